The third-order valence-corrected chi connectivity index (χ3v) is 4.08. The lowest BCUT2D eigenvalue weighted by atomic mass is 10.0. The first-order valence-electron chi connectivity index (χ1n) is 9.13. The summed E-state index contributed by atoms with van der Waals surface area (Å²) in [7, 11) is 2.97. The van der Waals surface area contributed by atoms with Crippen molar-refractivity contribution in [2.24, 2.45) is 7.05 Å². The number of rotatable bonds is 2. The van der Waals surface area contributed by atoms with E-state index in [1.54, 1.807) is 31.4 Å². The van der Waals surface area contributed by atoms with Gasteiger partial charge < -0.3 is 9.30 Å². The van der Waals surface area contributed by atoms with E-state index in [0.29, 0.717) is 21.8 Å². The van der Waals surface area contributed by atoms with Crippen molar-refractivity contribution >= 4 is 28.5 Å². The van der Waals surface area contributed by atoms with Gasteiger partial charge in [0.25, 0.3) is 5.56 Å². The first-order valence-corrected chi connectivity index (χ1v) is 9.51. The molecule has 0 amide bonds. The highest BCUT2D eigenvalue weighted by atomic mass is 35.5. The van der Waals surface area contributed by atoms with Crippen LogP contribution in [-0.4, -0.2) is 27.6 Å². The lowest BCUT2D eigenvalue weighted by Crippen LogP contribution is -2.19. The maximum atomic E-state index is 12.7. The molecule has 28 heavy (non-hydrogen) atoms. The highest BCUT2D eigenvalue weighted by Gasteiger charge is 2.15. The number of methoxy groups -OCH3 is 1. The van der Waals surface area contributed by atoms with Gasteiger partial charge in [-0.2, -0.15) is 0 Å². The van der Waals surface area contributed by atoms with Crippen molar-refractivity contribution in [3.63, 3.8) is 0 Å². The fourth-order valence-corrected chi connectivity index (χ4v) is 2.74. The van der Waals surface area contributed by atoms with Crippen molar-refractivity contribution < 1.29 is 9.53 Å². The van der Waals surface area contributed by atoms with Crippen LogP contribution in [0.5, 0.6) is 0 Å². The predicted molar refractivity (Wildman–Crippen MR) is 114 cm³/mol. The average Bonchev–Trinajstić information content (AvgIpc) is 2.73. The Labute approximate surface area is 170 Å². The smallest absolute Gasteiger partial charge is 0.356 e. The van der Waals surface area contributed by atoms with Crippen LogP contribution in [0.15, 0.2) is 35.4 Å². The van der Waals surface area contributed by atoms with E-state index in [-0.39, 0.29) is 11.3 Å². The molecule has 0 radical (unpaired) electrons. The highest BCUT2D eigenvalue weighted by molar-refractivity contribution is 6.30. The Morgan fingerprint density at radius 2 is 1.68 bits per heavy atom. The number of carbonyl (C=O) groups excluding carboxylic acids is 1. The van der Waals surface area contributed by atoms with E-state index in [1.807, 2.05) is 34.6 Å². The molecule has 0 aliphatic heterocycles. The number of aryl methyl sites for hydroxylation is 2. The summed E-state index contributed by atoms with van der Waals surface area (Å²) in [6.07, 6.45) is 3.12. The molecule has 0 atom stereocenters. The molecular formula is C21H26ClN3O3. The van der Waals surface area contributed by atoms with Gasteiger partial charge in [-0.15, -0.1) is 0 Å². The third-order valence-electron chi connectivity index (χ3n) is 3.87. The Morgan fingerprint density at radius 3 is 2.25 bits per heavy atom. The number of nitrogens with zero attached hydrogens (tertiary/aromatic N) is 3. The van der Waals surface area contributed by atoms with Crippen LogP contribution in [0.2, 0.25) is 5.15 Å². The minimum absolute atomic E-state index is 0.180. The standard InChI is InChI=1S/C17H14ClN3O3.2C2H6/c1-9-4-13(17(23)24-3)19-8-12(9)11-5-10-7-20-15(18)6-14(10)21(2)16(11)22;2*1-2/h4-8H,1-3H3;2*1-2H3. The molecule has 0 bridgehead atoms. The topological polar surface area (TPSA) is 74.1 Å². The molecule has 3 heterocycles. The molecule has 0 spiro atoms. The first kappa shape index (κ1) is 23.3. The van der Waals surface area contributed by atoms with Crippen LogP contribution in [0.3, 0.4) is 0 Å². The number of carbonyl (C=O) groups is 1. The van der Waals surface area contributed by atoms with Crippen molar-refractivity contribution in [1.82, 2.24) is 14.5 Å². The van der Waals surface area contributed by atoms with Gasteiger partial charge in [-0.25, -0.2) is 14.8 Å². The molecule has 6 nitrogen and oxygen atoms in total. The minimum Gasteiger partial charge on any atom is -0.464 e. The molecule has 0 N–H and O–H groups in total. The molecule has 0 saturated carbocycles. The van der Waals surface area contributed by atoms with Crippen LogP contribution in [0.4, 0.5) is 0 Å². The minimum atomic E-state index is -0.519. The zero-order valence-corrected chi connectivity index (χ0v) is 18.1. The summed E-state index contributed by atoms with van der Waals surface area (Å²) in [6, 6.07) is 5.00. The zero-order chi connectivity index (χ0) is 21.4. The zero-order valence-electron chi connectivity index (χ0n) is 17.3. The summed E-state index contributed by atoms with van der Waals surface area (Å²) in [4.78, 5) is 32.4. The van der Waals surface area contributed by atoms with Crippen LogP contribution >= 0.6 is 11.6 Å². The molecule has 3 aromatic rings. The maximum Gasteiger partial charge on any atom is 0.356 e. The van der Waals surface area contributed by atoms with Gasteiger partial charge in [0.2, 0.25) is 0 Å². The molecule has 0 unspecified atom stereocenters. The van der Waals surface area contributed by atoms with Crippen LogP contribution < -0.4 is 5.56 Å². The van der Waals surface area contributed by atoms with Crippen molar-refractivity contribution in [2.75, 3.05) is 7.11 Å². The molecule has 3 rings (SSSR count). The molecule has 3 aromatic heterocycles. The van der Waals surface area contributed by atoms with Crippen LogP contribution in [0.25, 0.3) is 22.0 Å². The summed E-state index contributed by atoms with van der Waals surface area (Å²) < 4.78 is 6.18. The van der Waals surface area contributed by atoms with Crippen molar-refractivity contribution in [3.8, 4) is 11.1 Å². The number of hydrogen-bond acceptors (Lipinski definition) is 5. The highest BCUT2D eigenvalue weighted by Crippen LogP contribution is 2.24. The Morgan fingerprint density at radius 1 is 1.04 bits per heavy atom. The quantitative estimate of drug-likeness (QED) is 0.454. The SMILES string of the molecule is CC.CC.COC(=O)c1cc(C)c(-c2cc3cnc(Cl)cc3n(C)c2=O)cn1. The summed E-state index contributed by atoms with van der Waals surface area (Å²) >= 11 is 5.91. The van der Waals surface area contributed by atoms with Crippen LogP contribution in [-0.2, 0) is 11.8 Å². The van der Waals surface area contributed by atoms with Gasteiger partial charge in [0.1, 0.15) is 10.8 Å². The van der Waals surface area contributed by atoms with E-state index >= 15 is 0 Å². The second-order valence-corrected chi connectivity index (χ2v) is 5.75. The third kappa shape index (κ3) is 4.75. The summed E-state index contributed by atoms with van der Waals surface area (Å²) in [5.74, 6) is -0.519. The number of pyridine rings is 3. The first-order chi connectivity index (χ1) is 13.4. The molecular weight excluding hydrogens is 378 g/mol. The van der Waals surface area contributed by atoms with Gasteiger partial charge in [0, 0.05) is 36.0 Å². The van der Waals surface area contributed by atoms with Gasteiger partial charge in [0.15, 0.2) is 0 Å². The van der Waals surface area contributed by atoms with E-state index in [9.17, 15) is 9.59 Å². The van der Waals surface area contributed by atoms with Crippen molar-refractivity contribution in [1.29, 1.82) is 0 Å². The van der Waals surface area contributed by atoms with E-state index < -0.39 is 5.97 Å². The number of halogens is 1. The van der Waals surface area contributed by atoms with E-state index in [0.717, 1.165) is 10.9 Å². The Kier molecular flexibility index (Phi) is 8.79. The second kappa shape index (κ2) is 10.6. The summed E-state index contributed by atoms with van der Waals surface area (Å²) in [5, 5.41) is 1.11. The Hall–Kier alpha value is -2.73. The van der Waals surface area contributed by atoms with Crippen molar-refractivity contribution in [3.05, 3.63) is 57.4 Å². The number of esters is 1. The molecule has 7 heteroatoms. The Balaban J connectivity index is 0.000000921. The number of fused-ring (bicyclic) bond motifs is 1. The molecule has 150 valence electrons. The summed E-state index contributed by atoms with van der Waals surface area (Å²) in [5.41, 5.74) is 2.60. The van der Waals surface area contributed by atoms with E-state index in [2.05, 4.69) is 14.7 Å². The second-order valence-electron chi connectivity index (χ2n) is 5.36. The molecule has 0 aliphatic rings. The fourth-order valence-electron chi connectivity index (χ4n) is 2.59. The number of aromatic nitrogens is 3. The maximum absolute atomic E-state index is 12.7. The lowest BCUT2D eigenvalue weighted by molar-refractivity contribution is 0.0594. The lowest BCUT2D eigenvalue weighted by Gasteiger charge is -2.11. The Bertz CT molecular complexity index is 1030. The van der Waals surface area contributed by atoms with Gasteiger partial charge in [0.05, 0.1) is 12.6 Å². The van der Waals surface area contributed by atoms with E-state index in [1.165, 1.54) is 17.9 Å². The number of ether oxygens (including phenoxy) is 1. The predicted octanol–water partition coefficient (Wildman–Crippen LogP) is 4.80. The van der Waals surface area contributed by atoms with Crippen LogP contribution in [0, 0.1) is 6.92 Å². The van der Waals surface area contributed by atoms with Crippen LogP contribution in [0.1, 0.15) is 43.7 Å². The molecule has 0 aromatic carbocycles. The van der Waals surface area contributed by atoms with Crippen molar-refractivity contribution in [2.45, 2.75) is 34.6 Å². The van der Waals surface area contributed by atoms with Gasteiger partial charge in [-0.1, -0.05) is 39.3 Å². The van der Waals surface area contributed by atoms with Gasteiger partial charge in [-0.05, 0) is 30.7 Å². The summed E-state index contributed by atoms with van der Waals surface area (Å²) in [6.45, 7) is 9.81. The van der Waals surface area contributed by atoms with E-state index in [4.69, 9.17) is 11.6 Å². The largest absolute Gasteiger partial charge is 0.464 e. The van der Waals surface area contributed by atoms with Gasteiger partial charge in [-0.3, -0.25) is 4.79 Å². The fraction of sp³-hybridized carbons (Fsp3) is 0.333. The normalized spacial score (nSPS) is 9.71. The monoisotopic (exact) mass is 403 g/mol. The number of hydrogen-bond donors (Lipinski definition) is 0. The van der Waals surface area contributed by atoms with Gasteiger partial charge >= 0.3 is 5.97 Å². The molecule has 0 fully saturated rings. The molecule has 0 aliphatic carbocycles. The molecule has 0 saturated heterocycles. The average molecular weight is 404 g/mol.